The van der Waals surface area contributed by atoms with Gasteiger partial charge in [0.1, 0.15) is 4.87 Å². The van der Waals surface area contributed by atoms with E-state index in [1.807, 2.05) is 0 Å². The zero-order valence-corrected chi connectivity index (χ0v) is 7.90. The van der Waals surface area contributed by atoms with E-state index >= 15 is 0 Å². The molecule has 0 spiro atoms. The number of carbonyl (C=O) groups is 1. The van der Waals surface area contributed by atoms with Crippen LogP contribution in [0.4, 0.5) is 0 Å². The number of aliphatic imine (C=N–C) groups is 1. The summed E-state index contributed by atoms with van der Waals surface area (Å²) in [6, 6.07) is -0.935. The van der Waals surface area contributed by atoms with Gasteiger partial charge in [-0.25, -0.2) is 4.79 Å². The van der Waals surface area contributed by atoms with Gasteiger partial charge in [-0.3, -0.25) is 4.99 Å². The molecular weight excluding hydrogens is 190 g/mol. The molecule has 0 bridgehead atoms. The van der Waals surface area contributed by atoms with Crippen LogP contribution in [-0.4, -0.2) is 28.2 Å². The fourth-order valence-electron chi connectivity index (χ4n) is 1.19. The minimum Gasteiger partial charge on any atom is -0.480 e. The molecule has 0 amide bonds. The van der Waals surface area contributed by atoms with Gasteiger partial charge >= 0.3 is 5.97 Å². The Labute approximate surface area is 81.4 Å². The second-order valence-electron chi connectivity index (χ2n) is 2.73. The van der Waals surface area contributed by atoms with Crippen molar-refractivity contribution in [3.8, 4) is 0 Å². The van der Waals surface area contributed by atoms with Crippen LogP contribution < -0.4 is 0 Å². The molecule has 2 atom stereocenters. The van der Waals surface area contributed by atoms with Crippen molar-refractivity contribution in [3.05, 3.63) is 24.3 Å². The van der Waals surface area contributed by atoms with Crippen LogP contribution in [0, 0.1) is 0 Å². The summed E-state index contributed by atoms with van der Waals surface area (Å²) >= 11 is 6.07. The molecule has 0 saturated heterocycles. The van der Waals surface area contributed by atoms with E-state index in [0.717, 1.165) is 0 Å². The highest BCUT2D eigenvalue weighted by atomic mass is 35.5. The SMILES string of the molecule is C/C=C\C1(Cl)C=CC=NC1C(=O)O. The lowest BCUT2D eigenvalue weighted by Gasteiger charge is -2.25. The maximum Gasteiger partial charge on any atom is 0.330 e. The largest absolute Gasteiger partial charge is 0.480 e. The third kappa shape index (κ3) is 1.98. The van der Waals surface area contributed by atoms with Gasteiger partial charge in [0.25, 0.3) is 0 Å². The Hall–Kier alpha value is -1.09. The van der Waals surface area contributed by atoms with E-state index in [-0.39, 0.29) is 0 Å². The molecule has 1 aliphatic rings. The number of carboxylic acid groups (broad SMARTS) is 1. The number of aliphatic carboxylic acids is 1. The molecule has 4 heteroatoms. The Balaban J connectivity index is 3.00. The van der Waals surface area contributed by atoms with E-state index in [2.05, 4.69) is 4.99 Å². The van der Waals surface area contributed by atoms with E-state index in [0.29, 0.717) is 0 Å². The van der Waals surface area contributed by atoms with Gasteiger partial charge in [0.15, 0.2) is 6.04 Å². The zero-order valence-electron chi connectivity index (χ0n) is 7.14. The van der Waals surface area contributed by atoms with Gasteiger partial charge in [0.2, 0.25) is 0 Å². The van der Waals surface area contributed by atoms with Crippen LogP contribution in [0.1, 0.15) is 6.92 Å². The Kier molecular flexibility index (Phi) is 2.88. The van der Waals surface area contributed by atoms with Gasteiger partial charge in [0.05, 0.1) is 0 Å². The van der Waals surface area contributed by atoms with E-state index < -0.39 is 16.9 Å². The molecule has 0 aromatic heterocycles. The summed E-state index contributed by atoms with van der Waals surface area (Å²) in [6.07, 6.45) is 8.06. The van der Waals surface area contributed by atoms with Crippen molar-refractivity contribution >= 4 is 23.8 Å². The van der Waals surface area contributed by atoms with Crippen molar-refractivity contribution < 1.29 is 9.90 Å². The smallest absolute Gasteiger partial charge is 0.330 e. The van der Waals surface area contributed by atoms with Crippen LogP contribution in [-0.2, 0) is 4.79 Å². The van der Waals surface area contributed by atoms with Gasteiger partial charge in [-0.15, -0.1) is 11.6 Å². The van der Waals surface area contributed by atoms with Crippen LogP contribution in [0.15, 0.2) is 29.3 Å². The third-order valence-corrected chi connectivity index (χ3v) is 2.21. The van der Waals surface area contributed by atoms with E-state index in [1.165, 1.54) is 6.21 Å². The highest BCUT2D eigenvalue weighted by molar-refractivity contribution is 6.29. The maximum atomic E-state index is 10.8. The number of hydrogen-bond donors (Lipinski definition) is 1. The molecule has 3 nitrogen and oxygen atoms in total. The zero-order chi connectivity index (χ0) is 9.90. The molecular formula is C9H10ClNO2. The number of halogens is 1. The lowest BCUT2D eigenvalue weighted by molar-refractivity contribution is -0.138. The number of dihydropyridines is 1. The fourth-order valence-corrected chi connectivity index (χ4v) is 1.54. The Morgan fingerprint density at radius 1 is 1.77 bits per heavy atom. The number of nitrogens with zero attached hydrogens (tertiary/aromatic N) is 1. The molecule has 0 aromatic rings. The molecule has 1 N–H and O–H groups in total. The Bertz CT molecular complexity index is 296. The lowest BCUT2D eigenvalue weighted by atomic mass is 9.96. The van der Waals surface area contributed by atoms with Crippen molar-refractivity contribution in [3.63, 3.8) is 0 Å². The van der Waals surface area contributed by atoms with Crippen LogP contribution in [0.5, 0.6) is 0 Å². The van der Waals surface area contributed by atoms with Crippen LogP contribution in [0.25, 0.3) is 0 Å². The highest BCUT2D eigenvalue weighted by Crippen LogP contribution is 2.28. The lowest BCUT2D eigenvalue weighted by Crippen LogP contribution is -2.39. The van der Waals surface area contributed by atoms with E-state index in [9.17, 15) is 4.79 Å². The van der Waals surface area contributed by atoms with Gasteiger partial charge in [-0.1, -0.05) is 18.2 Å². The van der Waals surface area contributed by atoms with Gasteiger partial charge in [0, 0.05) is 6.21 Å². The summed E-state index contributed by atoms with van der Waals surface area (Å²) in [4.78, 5) is 13.6. The van der Waals surface area contributed by atoms with Crippen LogP contribution in [0.3, 0.4) is 0 Å². The first-order valence-corrected chi connectivity index (χ1v) is 4.24. The average Bonchev–Trinajstić information content (AvgIpc) is 2.04. The summed E-state index contributed by atoms with van der Waals surface area (Å²) in [7, 11) is 0. The normalized spacial score (nSPS) is 32.6. The number of alkyl halides is 1. The monoisotopic (exact) mass is 199 g/mol. The minimum absolute atomic E-state index is 0.935. The van der Waals surface area contributed by atoms with Crippen molar-refractivity contribution in [1.29, 1.82) is 0 Å². The first-order chi connectivity index (χ1) is 6.10. The maximum absolute atomic E-state index is 10.8. The predicted octanol–water partition coefficient (Wildman–Crippen LogP) is 1.63. The fraction of sp³-hybridized carbons (Fsp3) is 0.333. The van der Waals surface area contributed by atoms with Gasteiger partial charge in [-0.05, 0) is 13.0 Å². The van der Waals surface area contributed by atoms with Crippen LogP contribution in [0.2, 0.25) is 0 Å². The third-order valence-electron chi connectivity index (χ3n) is 1.75. The van der Waals surface area contributed by atoms with Crippen molar-refractivity contribution in [1.82, 2.24) is 0 Å². The molecule has 0 radical (unpaired) electrons. The molecule has 2 unspecified atom stereocenters. The topological polar surface area (TPSA) is 49.7 Å². The number of carboxylic acids is 1. The summed E-state index contributed by atoms with van der Waals surface area (Å²) in [5.74, 6) is -1.02. The average molecular weight is 200 g/mol. The highest BCUT2D eigenvalue weighted by Gasteiger charge is 2.38. The van der Waals surface area contributed by atoms with Crippen molar-refractivity contribution in [2.24, 2.45) is 4.99 Å². The number of allylic oxidation sites excluding steroid dienone is 2. The van der Waals surface area contributed by atoms with E-state index in [4.69, 9.17) is 16.7 Å². The minimum atomic E-state index is -1.02. The molecule has 1 rings (SSSR count). The second-order valence-corrected chi connectivity index (χ2v) is 3.38. The summed E-state index contributed by atoms with van der Waals surface area (Å²) < 4.78 is 0. The standard InChI is InChI=1S/C9H10ClNO2/c1-2-4-9(10)5-3-6-11-7(9)8(12)13/h2-7H,1H3,(H,12,13)/b4-2-. The molecule has 1 aliphatic heterocycles. The molecule has 0 fully saturated rings. The summed E-state index contributed by atoms with van der Waals surface area (Å²) in [5, 5.41) is 8.83. The number of rotatable bonds is 2. The van der Waals surface area contributed by atoms with Crippen LogP contribution >= 0.6 is 11.6 Å². The Morgan fingerprint density at radius 3 is 3.00 bits per heavy atom. The summed E-state index contributed by atoms with van der Waals surface area (Å²) in [6.45, 7) is 1.79. The second kappa shape index (κ2) is 3.75. The van der Waals surface area contributed by atoms with Crippen molar-refractivity contribution in [2.75, 3.05) is 0 Å². The van der Waals surface area contributed by atoms with Gasteiger partial charge in [-0.2, -0.15) is 0 Å². The number of hydrogen-bond acceptors (Lipinski definition) is 2. The summed E-state index contributed by atoms with van der Waals surface area (Å²) in [5.41, 5.74) is 0. The van der Waals surface area contributed by atoms with Crippen molar-refractivity contribution in [2.45, 2.75) is 17.8 Å². The first-order valence-electron chi connectivity index (χ1n) is 3.87. The predicted molar refractivity (Wildman–Crippen MR) is 52.5 cm³/mol. The molecule has 0 saturated carbocycles. The Morgan fingerprint density at radius 2 is 2.46 bits per heavy atom. The van der Waals surface area contributed by atoms with E-state index in [1.54, 1.807) is 31.2 Å². The van der Waals surface area contributed by atoms with Gasteiger partial charge < -0.3 is 5.11 Å². The molecule has 70 valence electrons. The molecule has 13 heavy (non-hydrogen) atoms. The molecule has 0 aliphatic carbocycles. The first kappa shape index (κ1) is 9.99. The molecule has 1 heterocycles. The quantitative estimate of drug-likeness (QED) is 0.543. The molecule has 0 aromatic carbocycles.